The maximum absolute atomic E-state index is 12.1. The third-order valence-electron chi connectivity index (χ3n) is 3.01. The Hall–Kier alpha value is -1.35. The first-order valence-electron chi connectivity index (χ1n) is 5.91. The van der Waals surface area contributed by atoms with Crippen LogP contribution in [0.1, 0.15) is 25.8 Å². The highest BCUT2D eigenvalue weighted by Gasteiger charge is 2.40. The van der Waals surface area contributed by atoms with E-state index < -0.39 is 5.41 Å². The molecule has 17 heavy (non-hydrogen) atoms. The largest absolute Gasteiger partial charge is 0.468 e. The number of rotatable bonds is 5. The minimum absolute atomic E-state index is 0.250. The van der Waals surface area contributed by atoms with E-state index in [0.717, 1.165) is 5.56 Å². The van der Waals surface area contributed by atoms with Crippen LogP contribution in [0.15, 0.2) is 30.3 Å². The zero-order valence-corrected chi connectivity index (χ0v) is 10.8. The summed E-state index contributed by atoms with van der Waals surface area (Å²) in [5.74, 6) is 0.123. The Morgan fingerprint density at radius 3 is 2.35 bits per heavy atom. The molecule has 0 saturated heterocycles. The van der Waals surface area contributed by atoms with Crippen LogP contribution >= 0.6 is 0 Å². The summed E-state index contributed by atoms with van der Waals surface area (Å²) in [6.07, 6.45) is 0.695. The average Bonchev–Trinajstić information content (AvgIpc) is 2.35. The Morgan fingerprint density at radius 1 is 1.35 bits per heavy atom. The second kappa shape index (κ2) is 5.82. The van der Waals surface area contributed by atoms with Crippen molar-refractivity contribution in [3.8, 4) is 0 Å². The van der Waals surface area contributed by atoms with Gasteiger partial charge in [0.15, 0.2) is 0 Å². The Bertz CT molecular complexity index is 362. The van der Waals surface area contributed by atoms with Crippen LogP contribution < -0.4 is 5.73 Å². The molecule has 0 aliphatic carbocycles. The second-order valence-electron chi connectivity index (χ2n) is 4.74. The molecule has 94 valence electrons. The number of esters is 1. The lowest BCUT2D eigenvalue weighted by Gasteiger charge is -2.31. The Labute approximate surface area is 103 Å². The molecule has 1 atom stereocenters. The number of carbonyl (C=O) groups is 1. The van der Waals surface area contributed by atoms with E-state index in [1.54, 1.807) is 0 Å². The van der Waals surface area contributed by atoms with Crippen molar-refractivity contribution in [1.29, 1.82) is 0 Å². The van der Waals surface area contributed by atoms with E-state index in [9.17, 15) is 4.79 Å². The highest BCUT2D eigenvalue weighted by molar-refractivity contribution is 5.83. The number of hydrogen-bond acceptors (Lipinski definition) is 3. The molecule has 2 N–H and O–H groups in total. The van der Waals surface area contributed by atoms with E-state index in [1.807, 2.05) is 30.3 Å². The summed E-state index contributed by atoms with van der Waals surface area (Å²) in [5, 5.41) is 0. The first-order chi connectivity index (χ1) is 8.06. The topological polar surface area (TPSA) is 52.3 Å². The maximum Gasteiger partial charge on any atom is 0.317 e. The average molecular weight is 235 g/mol. The molecule has 0 heterocycles. The fraction of sp³-hybridized carbons (Fsp3) is 0.500. The molecule has 1 unspecified atom stereocenters. The zero-order chi connectivity index (χ0) is 12.9. The summed E-state index contributed by atoms with van der Waals surface area (Å²) >= 11 is 0. The lowest BCUT2D eigenvalue weighted by Crippen LogP contribution is -2.44. The zero-order valence-electron chi connectivity index (χ0n) is 10.8. The van der Waals surface area contributed by atoms with Crippen molar-refractivity contribution in [2.24, 2.45) is 11.7 Å². The summed E-state index contributed by atoms with van der Waals surface area (Å²) in [7, 11) is 1.41. The number of methoxy groups -OCH3 is 1. The molecule has 0 amide bonds. The molecular weight excluding hydrogens is 214 g/mol. The van der Waals surface area contributed by atoms with Gasteiger partial charge in [0.1, 0.15) is 5.41 Å². The van der Waals surface area contributed by atoms with Crippen molar-refractivity contribution in [3.05, 3.63) is 35.9 Å². The quantitative estimate of drug-likeness (QED) is 0.795. The molecule has 1 aromatic carbocycles. The van der Waals surface area contributed by atoms with Crippen molar-refractivity contribution in [2.75, 3.05) is 13.7 Å². The summed E-state index contributed by atoms with van der Waals surface area (Å²) in [5.41, 5.74) is 6.08. The van der Waals surface area contributed by atoms with Crippen molar-refractivity contribution in [1.82, 2.24) is 0 Å². The number of carbonyl (C=O) groups excluding carboxylic acids is 1. The molecule has 3 heteroatoms. The molecule has 3 nitrogen and oxygen atoms in total. The van der Waals surface area contributed by atoms with Gasteiger partial charge in [-0.25, -0.2) is 0 Å². The van der Waals surface area contributed by atoms with Gasteiger partial charge in [0.2, 0.25) is 0 Å². The van der Waals surface area contributed by atoms with Crippen LogP contribution in [0.2, 0.25) is 0 Å². The molecule has 0 spiro atoms. The third kappa shape index (κ3) is 2.86. The molecule has 1 rings (SSSR count). The third-order valence-corrected chi connectivity index (χ3v) is 3.01. The summed E-state index contributed by atoms with van der Waals surface area (Å²) in [4.78, 5) is 12.1. The lowest BCUT2D eigenvalue weighted by molar-refractivity contribution is -0.148. The van der Waals surface area contributed by atoms with Crippen LogP contribution in [0.5, 0.6) is 0 Å². The van der Waals surface area contributed by atoms with Gasteiger partial charge in [0.25, 0.3) is 0 Å². The highest BCUT2D eigenvalue weighted by atomic mass is 16.5. The van der Waals surface area contributed by atoms with Crippen molar-refractivity contribution in [2.45, 2.75) is 25.7 Å². The van der Waals surface area contributed by atoms with E-state index in [0.29, 0.717) is 12.3 Å². The fourth-order valence-corrected chi connectivity index (χ4v) is 2.25. The van der Waals surface area contributed by atoms with Gasteiger partial charge in [-0.15, -0.1) is 0 Å². The van der Waals surface area contributed by atoms with Crippen LogP contribution in [0.25, 0.3) is 0 Å². The highest BCUT2D eigenvalue weighted by Crippen LogP contribution is 2.31. The van der Waals surface area contributed by atoms with Crippen molar-refractivity contribution < 1.29 is 9.53 Å². The van der Waals surface area contributed by atoms with E-state index in [1.165, 1.54) is 7.11 Å². The van der Waals surface area contributed by atoms with Crippen LogP contribution in [0, 0.1) is 5.92 Å². The number of hydrogen-bond donors (Lipinski definition) is 1. The lowest BCUT2D eigenvalue weighted by atomic mass is 9.74. The van der Waals surface area contributed by atoms with E-state index >= 15 is 0 Å². The van der Waals surface area contributed by atoms with Crippen molar-refractivity contribution in [3.63, 3.8) is 0 Å². The smallest absolute Gasteiger partial charge is 0.317 e. The van der Waals surface area contributed by atoms with E-state index in [4.69, 9.17) is 10.5 Å². The normalized spacial score (nSPS) is 14.4. The van der Waals surface area contributed by atoms with E-state index in [-0.39, 0.29) is 12.5 Å². The summed E-state index contributed by atoms with van der Waals surface area (Å²) < 4.78 is 4.94. The Morgan fingerprint density at radius 2 is 1.94 bits per heavy atom. The first kappa shape index (κ1) is 13.7. The molecule has 0 saturated carbocycles. The van der Waals surface area contributed by atoms with Gasteiger partial charge in [-0.05, 0) is 17.9 Å². The number of ether oxygens (including phenoxy) is 1. The monoisotopic (exact) mass is 235 g/mol. The molecule has 0 aliphatic rings. The van der Waals surface area contributed by atoms with Gasteiger partial charge in [-0.2, -0.15) is 0 Å². The van der Waals surface area contributed by atoms with Crippen molar-refractivity contribution >= 4 is 5.97 Å². The van der Waals surface area contributed by atoms with Gasteiger partial charge < -0.3 is 10.5 Å². The van der Waals surface area contributed by atoms with Crippen LogP contribution in [0.4, 0.5) is 0 Å². The molecule has 0 radical (unpaired) electrons. The maximum atomic E-state index is 12.1. The Kier molecular flexibility index (Phi) is 4.70. The minimum Gasteiger partial charge on any atom is -0.468 e. The first-order valence-corrected chi connectivity index (χ1v) is 5.91. The second-order valence-corrected chi connectivity index (χ2v) is 4.74. The van der Waals surface area contributed by atoms with Gasteiger partial charge in [-0.1, -0.05) is 44.2 Å². The fourth-order valence-electron chi connectivity index (χ4n) is 2.25. The van der Waals surface area contributed by atoms with E-state index in [2.05, 4.69) is 13.8 Å². The molecule has 0 bridgehead atoms. The van der Waals surface area contributed by atoms with Gasteiger partial charge in [0.05, 0.1) is 7.11 Å². The van der Waals surface area contributed by atoms with Crippen LogP contribution in [-0.2, 0) is 14.9 Å². The Balaban J connectivity index is 3.21. The predicted molar refractivity (Wildman–Crippen MR) is 68.6 cm³/mol. The molecule has 0 aromatic heterocycles. The number of nitrogens with two attached hydrogens (primary N) is 1. The number of benzene rings is 1. The van der Waals surface area contributed by atoms with Gasteiger partial charge >= 0.3 is 5.97 Å². The summed E-state index contributed by atoms with van der Waals surface area (Å²) in [6.45, 7) is 4.43. The molecule has 0 fully saturated rings. The standard InChI is InChI=1S/C14H21NO2/c1-11(2)9-14(10-15,13(16)17-3)12-7-5-4-6-8-12/h4-8,11H,9-10,15H2,1-3H3. The minimum atomic E-state index is -0.718. The van der Waals surface area contributed by atoms with Gasteiger partial charge in [0, 0.05) is 6.54 Å². The summed E-state index contributed by atoms with van der Waals surface area (Å²) in [6, 6.07) is 9.64. The molecule has 1 aromatic rings. The van der Waals surface area contributed by atoms with Gasteiger partial charge in [-0.3, -0.25) is 4.79 Å². The molecule has 0 aliphatic heterocycles. The SMILES string of the molecule is COC(=O)C(CN)(CC(C)C)c1ccccc1. The molecular formula is C14H21NO2. The van der Waals surface area contributed by atoms with Crippen LogP contribution in [-0.4, -0.2) is 19.6 Å². The predicted octanol–water partition coefficient (Wildman–Crippen LogP) is 2.10. The van der Waals surface area contributed by atoms with Crippen LogP contribution in [0.3, 0.4) is 0 Å².